The van der Waals surface area contributed by atoms with Gasteiger partial charge in [0.1, 0.15) is 11.8 Å². The molecule has 0 radical (unpaired) electrons. The summed E-state index contributed by atoms with van der Waals surface area (Å²) in [6.07, 6.45) is 5.64. The number of aliphatic hydroxyl groups is 1. The Kier molecular flexibility index (Phi) is 6.95. The summed E-state index contributed by atoms with van der Waals surface area (Å²) in [6.45, 7) is 11.9. The molecule has 1 fully saturated rings. The molecule has 0 bridgehead atoms. The monoisotopic (exact) mass is 424 g/mol. The van der Waals surface area contributed by atoms with Gasteiger partial charge in [-0.3, -0.25) is 4.79 Å². The van der Waals surface area contributed by atoms with E-state index in [-0.39, 0.29) is 11.9 Å². The van der Waals surface area contributed by atoms with E-state index < -0.39 is 11.6 Å². The Morgan fingerprint density at radius 3 is 2.74 bits per heavy atom. The summed E-state index contributed by atoms with van der Waals surface area (Å²) in [5, 5.41) is 14.9. The van der Waals surface area contributed by atoms with Crippen LogP contribution < -0.4 is 15.0 Å². The number of hydrogen-bond acceptors (Lipinski definition) is 6. The highest BCUT2D eigenvalue weighted by Crippen LogP contribution is 2.28. The molecule has 2 heterocycles. The van der Waals surface area contributed by atoms with Crippen LogP contribution in [-0.4, -0.2) is 52.3 Å². The third-order valence-corrected chi connectivity index (χ3v) is 6.05. The van der Waals surface area contributed by atoms with E-state index in [1.807, 2.05) is 36.9 Å². The van der Waals surface area contributed by atoms with Crippen LogP contribution in [0.4, 0.5) is 5.95 Å². The van der Waals surface area contributed by atoms with Crippen molar-refractivity contribution in [3.8, 4) is 5.75 Å². The first-order chi connectivity index (χ1) is 14.8. The minimum absolute atomic E-state index is 0.132. The average molecular weight is 425 g/mol. The molecule has 0 spiro atoms. The number of aromatic nitrogens is 2. The van der Waals surface area contributed by atoms with Crippen molar-refractivity contribution in [1.82, 2.24) is 15.3 Å². The lowest BCUT2D eigenvalue weighted by molar-refractivity contribution is -0.125. The SMILES string of the molecule is C=CCC(O)(CC=C)[C@@H](C)NC(=O)[C@@H]1CCCN1c1nc(C)c2cc(OC)ccc2n1. The second kappa shape index (κ2) is 9.47. The fourth-order valence-electron chi connectivity index (χ4n) is 4.16. The van der Waals surface area contributed by atoms with Crippen LogP contribution in [0.5, 0.6) is 5.75 Å². The Bertz CT molecular complexity index is 965. The zero-order valence-corrected chi connectivity index (χ0v) is 18.6. The van der Waals surface area contributed by atoms with E-state index in [2.05, 4.69) is 23.5 Å². The number of nitrogens with zero attached hydrogens (tertiary/aromatic N) is 3. The van der Waals surface area contributed by atoms with E-state index in [1.165, 1.54) is 0 Å². The lowest BCUT2D eigenvalue weighted by atomic mass is 9.88. The number of hydrogen-bond donors (Lipinski definition) is 2. The summed E-state index contributed by atoms with van der Waals surface area (Å²) < 4.78 is 5.30. The fraction of sp³-hybridized carbons (Fsp3) is 0.458. The van der Waals surface area contributed by atoms with Crippen LogP contribution in [0.1, 0.15) is 38.3 Å². The van der Waals surface area contributed by atoms with Crippen molar-refractivity contribution >= 4 is 22.8 Å². The largest absolute Gasteiger partial charge is 0.497 e. The molecule has 7 nitrogen and oxygen atoms in total. The van der Waals surface area contributed by atoms with Crippen molar-refractivity contribution in [2.75, 3.05) is 18.6 Å². The Labute approximate surface area is 183 Å². The molecule has 166 valence electrons. The highest BCUT2D eigenvalue weighted by atomic mass is 16.5. The van der Waals surface area contributed by atoms with Crippen LogP contribution >= 0.6 is 0 Å². The molecule has 2 aromatic rings. The van der Waals surface area contributed by atoms with E-state index in [4.69, 9.17) is 9.72 Å². The summed E-state index contributed by atoms with van der Waals surface area (Å²) in [5.41, 5.74) is 0.538. The van der Waals surface area contributed by atoms with Gasteiger partial charge in [0.15, 0.2) is 0 Å². The molecule has 0 unspecified atom stereocenters. The van der Waals surface area contributed by atoms with E-state index in [9.17, 15) is 9.90 Å². The predicted molar refractivity (Wildman–Crippen MR) is 123 cm³/mol. The van der Waals surface area contributed by atoms with Crippen molar-refractivity contribution in [2.24, 2.45) is 0 Å². The number of carbonyl (C=O) groups excluding carboxylic acids is 1. The van der Waals surface area contributed by atoms with Gasteiger partial charge in [-0.1, -0.05) is 12.2 Å². The zero-order valence-electron chi connectivity index (χ0n) is 18.6. The molecule has 1 amide bonds. The van der Waals surface area contributed by atoms with Crippen LogP contribution in [0.15, 0.2) is 43.5 Å². The van der Waals surface area contributed by atoms with Gasteiger partial charge < -0.3 is 20.1 Å². The number of fused-ring (bicyclic) bond motifs is 1. The van der Waals surface area contributed by atoms with E-state index in [0.717, 1.165) is 28.8 Å². The van der Waals surface area contributed by atoms with Gasteiger partial charge >= 0.3 is 0 Å². The third kappa shape index (κ3) is 4.71. The number of anilines is 1. The number of methoxy groups -OCH3 is 1. The number of amides is 1. The van der Waals surface area contributed by atoms with Gasteiger partial charge in [0.05, 0.1) is 30.0 Å². The molecule has 7 heteroatoms. The summed E-state index contributed by atoms with van der Waals surface area (Å²) in [6, 6.07) is 4.86. The van der Waals surface area contributed by atoms with Gasteiger partial charge in [0.25, 0.3) is 0 Å². The minimum atomic E-state index is -1.11. The standard InChI is InChI=1S/C24H32N4O3/c1-6-12-24(30,13-7-2)17(4)26-22(29)21-9-8-14-28(21)23-25-16(3)19-15-18(31-5)10-11-20(19)27-23/h6-7,10-11,15,17,21,30H,1-2,8-9,12-14H2,3-5H3,(H,26,29)/t17-,21+/m1/s1. The van der Waals surface area contributed by atoms with Crippen LogP contribution in [0.2, 0.25) is 0 Å². The number of carbonyl (C=O) groups is 1. The first kappa shape index (κ1) is 22.7. The first-order valence-electron chi connectivity index (χ1n) is 10.7. The van der Waals surface area contributed by atoms with Crippen molar-refractivity contribution in [3.63, 3.8) is 0 Å². The zero-order chi connectivity index (χ0) is 22.6. The van der Waals surface area contributed by atoms with Crippen molar-refractivity contribution in [3.05, 3.63) is 49.2 Å². The molecule has 2 N–H and O–H groups in total. The second-order valence-corrected chi connectivity index (χ2v) is 8.16. The molecule has 1 aromatic carbocycles. The molecule has 1 aromatic heterocycles. The van der Waals surface area contributed by atoms with Crippen LogP contribution in [0.3, 0.4) is 0 Å². The average Bonchev–Trinajstić information content (AvgIpc) is 3.24. The Morgan fingerprint density at radius 1 is 1.39 bits per heavy atom. The van der Waals surface area contributed by atoms with Gasteiger partial charge in [-0.2, -0.15) is 0 Å². The summed E-state index contributed by atoms with van der Waals surface area (Å²) in [7, 11) is 1.63. The summed E-state index contributed by atoms with van der Waals surface area (Å²) >= 11 is 0. The number of benzene rings is 1. The number of nitrogens with one attached hydrogen (secondary N) is 1. The predicted octanol–water partition coefficient (Wildman–Crippen LogP) is 3.30. The lowest BCUT2D eigenvalue weighted by Crippen LogP contribution is -2.55. The van der Waals surface area contributed by atoms with Gasteiger partial charge in [0, 0.05) is 11.9 Å². The molecule has 1 aliphatic heterocycles. The normalized spacial score (nSPS) is 17.4. The maximum Gasteiger partial charge on any atom is 0.243 e. The van der Waals surface area contributed by atoms with E-state index in [1.54, 1.807) is 19.3 Å². The molecule has 1 aliphatic rings. The van der Waals surface area contributed by atoms with Gasteiger partial charge in [-0.15, -0.1) is 13.2 Å². The maximum absolute atomic E-state index is 13.1. The molecule has 0 aliphatic carbocycles. The van der Waals surface area contributed by atoms with Crippen molar-refractivity contribution in [1.29, 1.82) is 0 Å². The van der Waals surface area contributed by atoms with Gasteiger partial charge in [-0.05, 0) is 57.7 Å². The number of rotatable bonds is 9. The quantitative estimate of drug-likeness (QED) is 0.601. The topological polar surface area (TPSA) is 87.6 Å². The summed E-state index contributed by atoms with van der Waals surface area (Å²) in [5.74, 6) is 1.17. The molecular weight excluding hydrogens is 392 g/mol. The third-order valence-electron chi connectivity index (χ3n) is 6.05. The highest BCUT2D eigenvalue weighted by molar-refractivity contribution is 5.87. The van der Waals surface area contributed by atoms with Crippen LogP contribution in [0, 0.1) is 6.92 Å². The molecule has 0 saturated carbocycles. The Hall–Kier alpha value is -2.93. The van der Waals surface area contributed by atoms with Gasteiger partial charge in [-0.25, -0.2) is 9.97 Å². The maximum atomic E-state index is 13.1. The molecule has 31 heavy (non-hydrogen) atoms. The highest BCUT2D eigenvalue weighted by Gasteiger charge is 2.37. The molecule has 2 atom stereocenters. The molecule has 3 rings (SSSR count). The minimum Gasteiger partial charge on any atom is -0.497 e. The van der Waals surface area contributed by atoms with E-state index in [0.29, 0.717) is 31.8 Å². The van der Waals surface area contributed by atoms with Crippen LogP contribution in [-0.2, 0) is 4.79 Å². The second-order valence-electron chi connectivity index (χ2n) is 8.16. The van der Waals surface area contributed by atoms with Crippen molar-refractivity contribution < 1.29 is 14.6 Å². The Morgan fingerprint density at radius 2 is 2.10 bits per heavy atom. The van der Waals surface area contributed by atoms with Crippen LogP contribution in [0.25, 0.3) is 10.9 Å². The fourth-order valence-corrected chi connectivity index (χ4v) is 4.16. The number of aryl methyl sites for hydroxylation is 1. The molecule has 1 saturated heterocycles. The molecular formula is C24H32N4O3. The summed E-state index contributed by atoms with van der Waals surface area (Å²) in [4.78, 5) is 24.5. The number of ether oxygens (including phenoxy) is 1. The van der Waals surface area contributed by atoms with Gasteiger partial charge in [0.2, 0.25) is 11.9 Å². The lowest BCUT2D eigenvalue weighted by Gasteiger charge is -2.34. The smallest absolute Gasteiger partial charge is 0.243 e. The Balaban J connectivity index is 1.82. The van der Waals surface area contributed by atoms with E-state index >= 15 is 0 Å². The van der Waals surface area contributed by atoms with Crippen molar-refractivity contribution in [2.45, 2.75) is 57.2 Å². The first-order valence-corrected chi connectivity index (χ1v) is 10.7.